The van der Waals surface area contributed by atoms with Gasteiger partial charge < -0.3 is 60.2 Å². The Kier molecular flexibility index (Phi) is 236000. The summed E-state index contributed by atoms with van der Waals surface area (Å²) in [4.78, 5) is 0. The van der Waals surface area contributed by atoms with Gasteiger partial charge in [0.15, 0.2) is 0 Å². The number of hydrogen-bond donors (Lipinski definition) is 0. The van der Waals surface area contributed by atoms with Gasteiger partial charge in [0.1, 0.15) is 0 Å². The molecule has 13 heteroatoms. The molecule has 22 N–H and O–H groups in total. The molecule has 0 rings (SSSR count). The summed E-state index contributed by atoms with van der Waals surface area (Å²) < 4.78 is 0. The fraction of sp³-hybridized carbons (Fsp3) is 0. The van der Waals surface area contributed by atoms with Crippen LogP contribution in [-0.2, 0) is 0 Å². The summed E-state index contributed by atoms with van der Waals surface area (Å²) in [5.41, 5.74) is 0. The normalized spacial score (nSPS) is 0. The van der Waals surface area contributed by atoms with Gasteiger partial charge >= 0.3 is 37.7 Å². The van der Waals surface area contributed by atoms with Crippen LogP contribution in [0.2, 0.25) is 0 Å². The summed E-state index contributed by atoms with van der Waals surface area (Å²) in [5, 5.41) is 0. The van der Waals surface area contributed by atoms with Crippen molar-refractivity contribution in [2.45, 2.75) is 0 Å². The molecule has 0 aliphatic rings. The van der Waals surface area contributed by atoms with Crippen molar-refractivity contribution in [3.8, 4) is 0 Å². The van der Waals surface area contributed by atoms with E-state index in [0.29, 0.717) is 0 Å². The van der Waals surface area contributed by atoms with Gasteiger partial charge in [-0.2, -0.15) is 0 Å². The van der Waals surface area contributed by atoms with Crippen molar-refractivity contribution in [1.82, 2.24) is 0 Å². The zero-order valence-electron chi connectivity index (χ0n) is 5.91. The van der Waals surface area contributed by atoms with E-state index in [1.165, 1.54) is 0 Å². The first kappa shape index (κ1) is 1970. The monoisotopic (exact) mass is 276 g/mol. The van der Waals surface area contributed by atoms with Crippen LogP contribution in [-0.4, -0.2) is 98.0 Å². The van der Waals surface area contributed by atoms with E-state index >= 15 is 0 Å². The van der Waals surface area contributed by atoms with Crippen LogP contribution < -0.4 is 0 Å². The molecule has 0 bridgehead atoms. The van der Waals surface area contributed by atoms with Crippen molar-refractivity contribution in [3.05, 3.63) is 0 Å². The molecule has 0 aromatic rings. The maximum atomic E-state index is 0. The Bertz CT molecular complexity index is 10.1. The first-order chi connectivity index (χ1) is 0. The third-order valence-corrected chi connectivity index (χ3v) is 0. The summed E-state index contributed by atoms with van der Waals surface area (Å²) in [5.74, 6) is 0. The molecule has 0 aliphatic carbocycles. The SMILES string of the molecule is Cl.O.O.O.O.O.O.O.O.O.O.O.[CaH2]. The molecule has 0 aliphatic heterocycles. The molecule has 0 spiro atoms. The van der Waals surface area contributed by atoms with Gasteiger partial charge in [-0.05, 0) is 0 Å². The Morgan fingerprint density at radius 2 is 0.231 bits per heavy atom. The zero-order chi connectivity index (χ0) is 0. The standard InChI is InChI=1S/Ca.ClH.11H2O.2H/h;1H;11*1H2;;. The quantitative estimate of drug-likeness (QED) is 0.371. The molecule has 0 atom stereocenters. The molecule has 0 amide bonds. The summed E-state index contributed by atoms with van der Waals surface area (Å²) in [6, 6.07) is 0. The van der Waals surface area contributed by atoms with Crippen molar-refractivity contribution in [3.63, 3.8) is 0 Å². The molecule has 0 fully saturated rings. The Hall–Kier alpha value is 1.11. The van der Waals surface area contributed by atoms with Crippen LogP contribution in [0.1, 0.15) is 0 Å². The minimum atomic E-state index is 0. The summed E-state index contributed by atoms with van der Waals surface area (Å²) in [7, 11) is 0. The molecule has 13 heavy (non-hydrogen) atoms. The van der Waals surface area contributed by atoms with E-state index in [9.17, 15) is 0 Å². The second-order valence-electron chi connectivity index (χ2n) is 0. The average molecular weight is 277 g/mol. The van der Waals surface area contributed by atoms with Gasteiger partial charge in [-0.3, -0.25) is 0 Å². The average Bonchev–Trinajstić information content (AvgIpc) is 0. The van der Waals surface area contributed by atoms with Crippen molar-refractivity contribution in [1.29, 1.82) is 0 Å². The van der Waals surface area contributed by atoms with Crippen LogP contribution in [0.3, 0.4) is 0 Å². The molecule has 11 nitrogen and oxygen atoms in total. The predicted molar refractivity (Wildman–Crippen MR) is 55.5 cm³/mol. The second kappa shape index (κ2) is 1560. The molecule has 0 heterocycles. The van der Waals surface area contributed by atoms with Gasteiger partial charge in [-0.1, -0.05) is 0 Å². The van der Waals surface area contributed by atoms with Crippen LogP contribution in [0.15, 0.2) is 0 Å². The Morgan fingerprint density at radius 1 is 0.231 bits per heavy atom. The van der Waals surface area contributed by atoms with Crippen LogP contribution in [0.4, 0.5) is 0 Å². The summed E-state index contributed by atoms with van der Waals surface area (Å²) in [6.07, 6.45) is 0. The molecule has 100 valence electrons. The van der Waals surface area contributed by atoms with E-state index in [0.717, 1.165) is 0 Å². The van der Waals surface area contributed by atoms with E-state index in [-0.39, 0.29) is 110 Å². The molecule has 0 aromatic heterocycles. The molecular weight excluding hydrogens is 252 g/mol. The summed E-state index contributed by atoms with van der Waals surface area (Å²) in [6.45, 7) is 0. The number of halogens is 1. The predicted octanol–water partition coefficient (Wildman–Crippen LogP) is -9.57. The fourth-order valence-corrected chi connectivity index (χ4v) is 0. The van der Waals surface area contributed by atoms with Crippen LogP contribution in [0.5, 0.6) is 0 Å². The molecule has 0 aromatic carbocycles. The zero-order valence-corrected chi connectivity index (χ0v) is 6.72. The Morgan fingerprint density at radius 3 is 0.231 bits per heavy atom. The molecule has 0 radical (unpaired) electrons. The van der Waals surface area contributed by atoms with E-state index in [4.69, 9.17) is 0 Å². The van der Waals surface area contributed by atoms with Crippen LogP contribution in [0.25, 0.3) is 0 Å². The van der Waals surface area contributed by atoms with E-state index in [1.807, 2.05) is 0 Å². The van der Waals surface area contributed by atoms with E-state index < -0.39 is 0 Å². The second-order valence-corrected chi connectivity index (χ2v) is 0. The van der Waals surface area contributed by atoms with Crippen molar-refractivity contribution in [2.24, 2.45) is 0 Å². The van der Waals surface area contributed by atoms with Gasteiger partial charge in [0.25, 0.3) is 0 Å². The van der Waals surface area contributed by atoms with Crippen molar-refractivity contribution in [2.75, 3.05) is 0 Å². The van der Waals surface area contributed by atoms with Crippen molar-refractivity contribution < 1.29 is 60.2 Å². The third kappa shape index (κ3) is 1310. The van der Waals surface area contributed by atoms with Gasteiger partial charge in [0.05, 0.1) is 0 Å². The first-order valence-electron chi connectivity index (χ1n) is 0. The molecular formula is H25CaClO11. The van der Waals surface area contributed by atoms with Gasteiger partial charge in [0.2, 0.25) is 0 Å². The van der Waals surface area contributed by atoms with Gasteiger partial charge in [-0.15, -0.1) is 12.4 Å². The van der Waals surface area contributed by atoms with Crippen LogP contribution >= 0.6 is 12.4 Å². The maximum absolute atomic E-state index is 0. The van der Waals surface area contributed by atoms with E-state index in [2.05, 4.69) is 0 Å². The fourth-order valence-electron chi connectivity index (χ4n) is 0. The first-order valence-corrected chi connectivity index (χ1v) is 0. The Balaban J connectivity index is 0. The number of rotatable bonds is 0. The van der Waals surface area contributed by atoms with Gasteiger partial charge in [-0.25, -0.2) is 0 Å². The van der Waals surface area contributed by atoms with Crippen LogP contribution in [0, 0.1) is 0 Å². The molecule has 0 saturated heterocycles. The number of hydrogen-bond acceptors (Lipinski definition) is 0. The molecule has 0 saturated carbocycles. The van der Waals surface area contributed by atoms with Crippen molar-refractivity contribution >= 4 is 50.1 Å². The minimum absolute atomic E-state index is 0. The third-order valence-electron chi connectivity index (χ3n) is 0. The molecule has 0 unspecified atom stereocenters. The summed E-state index contributed by atoms with van der Waals surface area (Å²) >= 11 is 0. The topological polar surface area (TPSA) is 346 Å². The van der Waals surface area contributed by atoms with E-state index in [1.54, 1.807) is 0 Å². The van der Waals surface area contributed by atoms with Gasteiger partial charge in [0, 0.05) is 0 Å². The Labute approximate surface area is 110 Å².